The summed E-state index contributed by atoms with van der Waals surface area (Å²) in [6, 6.07) is 0. The fourth-order valence-electron chi connectivity index (χ4n) is 1.41. The molecular weight excluding hydrogens is 278 g/mol. The lowest BCUT2D eigenvalue weighted by Gasteiger charge is -2.07. The molecule has 0 aliphatic rings. The number of likely N-dealkylation sites (N-methyl/N-ethyl adjacent to an activating group) is 1. The molecule has 0 aliphatic heterocycles. The zero-order valence-electron chi connectivity index (χ0n) is 12.1. The lowest BCUT2D eigenvalue weighted by atomic mass is 10.2. The van der Waals surface area contributed by atoms with Gasteiger partial charge in [-0.2, -0.15) is 0 Å². The maximum Gasteiger partial charge on any atom is 0.298 e. The molecule has 0 unspecified atom stereocenters. The number of ether oxygens (including phenoxy) is 1. The van der Waals surface area contributed by atoms with Crippen LogP contribution in [0.15, 0.2) is 27.5 Å². The van der Waals surface area contributed by atoms with Crippen molar-refractivity contribution in [2.75, 3.05) is 21.2 Å². The first-order valence-corrected chi connectivity index (χ1v) is 5.91. The van der Waals surface area contributed by atoms with Gasteiger partial charge in [0.2, 0.25) is 5.76 Å². The van der Waals surface area contributed by atoms with E-state index in [2.05, 4.69) is 10.1 Å². The van der Waals surface area contributed by atoms with Crippen molar-refractivity contribution in [1.82, 2.24) is 10.1 Å². The standard InChI is InChI=1S/C13H15N3O5/c1-5-10(20-4)9(7-17)15-8-6-14-21-12(8)11(18)13(19)16(2)3/h5-7H,1-4H3/b10-5+,15-9?. The van der Waals surface area contributed by atoms with E-state index in [1.165, 1.54) is 27.3 Å². The van der Waals surface area contributed by atoms with E-state index in [4.69, 9.17) is 9.26 Å². The van der Waals surface area contributed by atoms with E-state index in [1.807, 2.05) is 0 Å². The van der Waals surface area contributed by atoms with Crippen LogP contribution in [-0.4, -0.2) is 54.9 Å². The van der Waals surface area contributed by atoms with Crippen LogP contribution in [0, 0.1) is 0 Å². The maximum absolute atomic E-state index is 11.9. The first kappa shape index (κ1) is 16.3. The third-order valence-corrected chi connectivity index (χ3v) is 2.45. The van der Waals surface area contributed by atoms with Crippen LogP contribution in [0.25, 0.3) is 0 Å². The van der Waals surface area contributed by atoms with Crippen LogP contribution in [0.4, 0.5) is 5.69 Å². The molecule has 8 nitrogen and oxygen atoms in total. The largest absolute Gasteiger partial charge is 0.495 e. The van der Waals surface area contributed by atoms with Crippen LogP contribution in [0.2, 0.25) is 0 Å². The Morgan fingerprint density at radius 3 is 2.57 bits per heavy atom. The van der Waals surface area contributed by atoms with Crippen LogP contribution in [-0.2, 0) is 14.3 Å². The van der Waals surface area contributed by atoms with Crippen LogP contribution < -0.4 is 0 Å². The van der Waals surface area contributed by atoms with Crippen molar-refractivity contribution in [3.63, 3.8) is 0 Å². The van der Waals surface area contributed by atoms with Crippen LogP contribution >= 0.6 is 0 Å². The molecule has 0 bridgehead atoms. The highest BCUT2D eigenvalue weighted by Gasteiger charge is 2.26. The van der Waals surface area contributed by atoms with Crippen molar-refractivity contribution in [3.8, 4) is 0 Å². The number of ketones is 1. The summed E-state index contributed by atoms with van der Waals surface area (Å²) in [7, 11) is 4.24. The van der Waals surface area contributed by atoms with Gasteiger partial charge in [-0.3, -0.25) is 14.4 Å². The van der Waals surface area contributed by atoms with Crippen molar-refractivity contribution in [3.05, 3.63) is 23.8 Å². The summed E-state index contributed by atoms with van der Waals surface area (Å²) in [5.41, 5.74) is -0.0664. The molecule has 8 heteroatoms. The maximum atomic E-state index is 11.9. The number of aromatic nitrogens is 1. The zero-order valence-corrected chi connectivity index (χ0v) is 12.1. The van der Waals surface area contributed by atoms with Gasteiger partial charge in [-0.05, 0) is 13.0 Å². The molecule has 0 radical (unpaired) electrons. The van der Waals surface area contributed by atoms with E-state index in [0.717, 1.165) is 11.1 Å². The van der Waals surface area contributed by atoms with E-state index in [0.29, 0.717) is 6.29 Å². The van der Waals surface area contributed by atoms with E-state index < -0.39 is 11.7 Å². The number of allylic oxidation sites excluding steroid dienone is 2. The molecule has 1 aromatic heterocycles. The normalized spacial score (nSPS) is 12.0. The number of carbonyl (C=O) groups is 3. The summed E-state index contributed by atoms with van der Waals surface area (Å²) in [5, 5.41) is 3.43. The van der Waals surface area contributed by atoms with Gasteiger partial charge in [0, 0.05) is 14.1 Å². The van der Waals surface area contributed by atoms with E-state index in [-0.39, 0.29) is 22.9 Å². The molecule has 0 atom stereocenters. The summed E-state index contributed by atoms with van der Waals surface area (Å²) in [6.07, 6.45) is 3.14. The van der Waals surface area contributed by atoms with Crippen molar-refractivity contribution in [1.29, 1.82) is 0 Å². The summed E-state index contributed by atoms with van der Waals surface area (Å²) in [5.74, 6) is -1.79. The Hall–Kier alpha value is -2.77. The average Bonchev–Trinajstić information content (AvgIpc) is 2.93. The third-order valence-electron chi connectivity index (χ3n) is 2.45. The quantitative estimate of drug-likeness (QED) is 0.252. The average molecular weight is 293 g/mol. The number of aldehydes is 1. The SMILES string of the molecule is C/C=C(/OC)C(C=O)=Nc1cnoc1C(=O)C(=O)N(C)C. The smallest absolute Gasteiger partial charge is 0.298 e. The van der Waals surface area contributed by atoms with Crippen LogP contribution in [0.1, 0.15) is 17.5 Å². The van der Waals surface area contributed by atoms with Gasteiger partial charge in [-0.15, -0.1) is 0 Å². The Bertz CT molecular complexity index is 613. The van der Waals surface area contributed by atoms with Gasteiger partial charge in [-0.1, -0.05) is 5.16 Å². The predicted molar refractivity (Wildman–Crippen MR) is 73.5 cm³/mol. The van der Waals surface area contributed by atoms with Crippen molar-refractivity contribution >= 4 is 29.4 Å². The van der Waals surface area contributed by atoms with Crippen molar-refractivity contribution < 1.29 is 23.6 Å². The molecule has 112 valence electrons. The minimum absolute atomic E-state index is 0.0197. The molecule has 0 aliphatic carbocycles. The number of hydrogen-bond acceptors (Lipinski definition) is 7. The lowest BCUT2D eigenvalue weighted by Crippen LogP contribution is -2.29. The number of methoxy groups -OCH3 is 1. The molecule has 0 saturated carbocycles. The Morgan fingerprint density at radius 2 is 2.10 bits per heavy atom. The molecule has 1 heterocycles. The first-order valence-electron chi connectivity index (χ1n) is 5.91. The summed E-state index contributed by atoms with van der Waals surface area (Å²) >= 11 is 0. The van der Waals surface area contributed by atoms with Gasteiger partial charge in [0.25, 0.3) is 11.7 Å². The Labute approximate surface area is 121 Å². The highest BCUT2D eigenvalue weighted by Crippen LogP contribution is 2.20. The lowest BCUT2D eigenvalue weighted by molar-refractivity contribution is -0.124. The summed E-state index contributed by atoms with van der Waals surface area (Å²) in [6.45, 7) is 1.66. The monoisotopic (exact) mass is 293 g/mol. The fraction of sp³-hybridized carbons (Fsp3) is 0.308. The number of rotatable bonds is 6. The number of aliphatic imine (C=N–C) groups is 1. The molecule has 21 heavy (non-hydrogen) atoms. The minimum Gasteiger partial charge on any atom is -0.495 e. The van der Waals surface area contributed by atoms with Crippen molar-refractivity contribution in [2.24, 2.45) is 4.99 Å². The van der Waals surface area contributed by atoms with Gasteiger partial charge in [0.15, 0.2) is 6.29 Å². The molecule has 1 aromatic rings. The Kier molecular flexibility index (Phi) is 5.53. The zero-order chi connectivity index (χ0) is 16.0. The second kappa shape index (κ2) is 7.13. The molecule has 0 aromatic carbocycles. The minimum atomic E-state index is -0.902. The van der Waals surface area contributed by atoms with Crippen LogP contribution in [0.5, 0.6) is 0 Å². The topological polar surface area (TPSA) is 102 Å². The second-order valence-electron chi connectivity index (χ2n) is 4.04. The Balaban J connectivity index is 3.23. The molecule has 0 fully saturated rings. The van der Waals surface area contributed by atoms with E-state index in [9.17, 15) is 14.4 Å². The highest BCUT2D eigenvalue weighted by atomic mass is 16.5. The predicted octanol–water partition coefficient (Wildman–Crippen LogP) is 0.767. The van der Waals surface area contributed by atoms with Crippen molar-refractivity contribution in [2.45, 2.75) is 6.92 Å². The molecule has 0 spiro atoms. The molecule has 0 N–H and O–H groups in total. The summed E-state index contributed by atoms with van der Waals surface area (Å²) in [4.78, 5) is 39.7. The molecule has 0 saturated heterocycles. The Morgan fingerprint density at radius 1 is 1.43 bits per heavy atom. The van der Waals surface area contributed by atoms with E-state index >= 15 is 0 Å². The third kappa shape index (κ3) is 3.62. The number of carbonyl (C=O) groups excluding carboxylic acids is 3. The second-order valence-corrected chi connectivity index (χ2v) is 4.04. The van der Waals surface area contributed by atoms with Gasteiger partial charge in [0.1, 0.15) is 17.2 Å². The van der Waals surface area contributed by atoms with Gasteiger partial charge < -0.3 is 14.2 Å². The van der Waals surface area contributed by atoms with Gasteiger partial charge in [-0.25, -0.2) is 4.99 Å². The van der Waals surface area contributed by atoms with Gasteiger partial charge in [0.05, 0.1) is 13.3 Å². The molecular formula is C13H15N3O5. The number of hydrogen-bond donors (Lipinski definition) is 0. The number of nitrogens with zero attached hydrogens (tertiary/aromatic N) is 3. The molecule has 1 amide bonds. The van der Waals surface area contributed by atoms with Gasteiger partial charge >= 0.3 is 0 Å². The number of amides is 1. The summed E-state index contributed by atoms with van der Waals surface area (Å²) < 4.78 is 9.74. The number of Topliss-reactive ketones (excluding diaryl/α,β-unsaturated/α-hetero) is 1. The highest BCUT2D eigenvalue weighted by molar-refractivity contribution is 6.43. The van der Waals surface area contributed by atoms with Crippen LogP contribution in [0.3, 0.4) is 0 Å². The first-order chi connectivity index (χ1) is 9.96. The van der Waals surface area contributed by atoms with E-state index in [1.54, 1.807) is 6.92 Å². The fourth-order valence-corrected chi connectivity index (χ4v) is 1.41. The molecule has 1 rings (SSSR count).